The summed E-state index contributed by atoms with van der Waals surface area (Å²) in [6.07, 6.45) is 3.76. The number of fused-ring (bicyclic) bond motifs is 1. The Morgan fingerprint density at radius 3 is 2.90 bits per heavy atom. The Kier molecular flexibility index (Phi) is 4.08. The molecule has 0 fully saturated rings. The fourth-order valence-corrected chi connectivity index (χ4v) is 3.56. The Balaban J connectivity index is 1.70. The predicted octanol–water partition coefficient (Wildman–Crippen LogP) is 4.26. The van der Waals surface area contributed by atoms with Gasteiger partial charge >= 0.3 is 0 Å². The molecule has 0 saturated carbocycles. The van der Waals surface area contributed by atoms with Gasteiger partial charge in [0, 0.05) is 9.75 Å². The summed E-state index contributed by atoms with van der Waals surface area (Å²) in [4.78, 5) is 2.64. The molecule has 1 N–H and O–H groups in total. The first-order valence-electron chi connectivity index (χ1n) is 7.27. The molecule has 1 aromatic carbocycles. The number of aliphatic hydroxyl groups is 1. The zero-order valence-corrected chi connectivity index (χ0v) is 12.6. The average Bonchev–Trinajstić information content (AvgIpc) is 2.94. The van der Waals surface area contributed by atoms with Crippen LogP contribution in [0.15, 0.2) is 30.3 Å². The third-order valence-corrected chi connectivity index (χ3v) is 5.05. The van der Waals surface area contributed by atoms with Gasteiger partial charge in [0.05, 0.1) is 6.10 Å². The molecular weight excluding hydrogens is 268 g/mol. The molecule has 0 radical (unpaired) electrons. The van der Waals surface area contributed by atoms with E-state index in [1.165, 1.54) is 15.3 Å². The van der Waals surface area contributed by atoms with Gasteiger partial charge in [-0.2, -0.15) is 0 Å². The van der Waals surface area contributed by atoms with Crippen LogP contribution in [0.5, 0.6) is 5.75 Å². The van der Waals surface area contributed by atoms with Crippen LogP contribution < -0.4 is 4.74 Å². The third kappa shape index (κ3) is 2.89. The molecule has 106 valence electrons. The summed E-state index contributed by atoms with van der Waals surface area (Å²) in [7, 11) is 0. The lowest BCUT2D eigenvalue weighted by Gasteiger charge is -2.21. The van der Waals surface area contributed by atoms with Crippen molar-refractivity contribution >= 4 is 11.3 Å². The first kappa shape index (κ1) is 13.7. The van der Waals surface area contributed by atoms with Crippen molar-refractivity contribution < 1.29 is 9.84 Å². The summed E-state index contributed by atoms with van der Waals surface area (Å²) < 4.78 is 5.86. The molecule has 1 aliphatic rings. The van der Waals surface area contributed by atoms with Crippen molar-refractivity contribution in [2.24, 2.45) is 0 Å². The topological polar surface area (TPSA) is 29.5 Å². The first-order chi connectivity index (χ1) is 9.76. The van der Waals surface area contributed by atoms with Gasteiger partial charge in [-0.25, -0.2) is 0 Å². The molecule has 3 rings (SSSR count). The van der Waals surface area contributed by atoms with Gasteiger partial charge in [0.1, 0.15) is 12.4 Å². The number of rotatable bonds is 4. The lowest BCUT2D eigenvalue weighted by molar-refractivity contribution is 0.156. The van der Waals surface area contributed by atoms with Crippen molar-refractivity contribution in [2.45, 2.75) is 45.3 Å². The summed E-state index contributed by atoms with van der Waals surface area (Å²) in [5, 5.41) is 10.1. The van der Waals surface area contributed by atoms with Crippen LogP contribution in [0, 0.1) is 0 Å². The Labute approximate surface area is 124 Å². The lowest BCUT2D eigenvalue weighted by Crippen LogP contribution is -2.09. The first-order valence-corrected chi connectivity index (χ1v) is 8.09. The molecule has 1 atom stereocenters. The van der Waals surface area contributed by atoms with Crippen molar-refractivity contribution in [1.29, 1.82) is 0 Å². The summed E-state index contributed by atoms with van der Waals surface area (Å²) in [5.74, 6) is 0.858. The minimum absolute atomic E-state index is 0.323. The minimum Gasteiger partial charge on any atom is -0.488 e. The molecule has 3 heteroatoms. The minimum atomic E-state index is -0.323. The number of hydrogen-bond donors (Lipinski definition) is 1. The van der Waals surface area contributed by atoms with Crippen molar-refractivity contribution in [3.8, 4) is 5.75 Å². The van der Waals surface area contributed by atoms with E-state index in [0.29, 0.717) is 6.61 Å². The highest BCUT2D eigenvalue weighted by molar-refractivity contribution is 7.11. The van der Waals surface area contributed by atoms with E-state index in [4.69, 9.17) is 4.74 Å². The molecule has 20 heavy (non-hydrogen) atoms. The van der Waals surface area contributed by atoms with E-state index in [1.807, 2.05) is 23.5 Å². The zero-order chi connectivity index (χ0) is 13.9. The van der Waals surface area contributed by atoms with Crippen LogP contribution in [0.3, 0.4) is 0 Å². The highest BCUT2D eigenvalue weighted by Crippen LogP contribution is 2.32. The average molecular weight is 288 g/mol. The molecule has 0 amide bonds. The van der Waals surface area contributed by atoms with Crippen LogP contribution in [0.4, 0.5) is 0 Å². The Hall–Kier alpha value is -1.32. The second-order valence-electron chi connectivity index (χ2n) is 5.28. The molecule has 1 unspecified atom stereocenters. The van der Waals surface area contributed by atoms with Crippen LogP contribution in [0.1, 0.15) is 46.8 Å². The second kappa shape index (κ2) is 5.98. The van der Waals surface area contributed by atoms with E-state index < -0.39 is 0 Å². The molecular formula is C17H20O2S. The van der Waals surface area contributed by atoms with Crippen molar-refractivity contribution in [3.05, 3.63) is 51.2 Å². The van der Waals surface area contributed by atoms with Crippen LogP contribution in [-0.2, 0) is 19.4 Å². The van der Waals surface area contributed by atoms with Gasteiger partial charge in [0.15, 0.2) is 0 Å². The van der Waals surface area contributed by atoms with Crippen molar-refractivity contribution in [2.75, 3.05) is 0 Å². The molecule has 0 saturated heterocycles. The van der Waals surface area contributed by atoms with E-state index in [2.05, 4.69) is 25.1 Å². The van der Waals surface area contributed by atoms with Gasteiger partial charge in [0.25, 0.3) is 0 Å². The van der Waals surface area contributed by atoms with E-state index >= 15 is 0 Å². The van der Waals surface area contributed by atoms with Gasteiger partial charge in [0.2, 0.25) is 0 Å². The molecule has 1 aliphatic carbocycles. The van der Waals surface area contributed by atoms with Crippen LogP contribution >= 0.6 is 11.3 Å². The summed E-state index contributed by atoms with van der Waals surface area (Å²) in [6, 6.07) is 10.4. The summed E-state index contributed by atoms with van der Waals surface area (Å²) >= 11 is 1.81. The van der Waals surface area contributed by atoms with Gasteiger partial charge in [-0.1, -0.05) is 13.0 Å². The maximum absolute atomic E-state index is 10.1. The monoisotopic (exact) mass is 288 g/mol. The normalized spacial score (nSPS) is 17.8. The Morgan fingerprint density at radius 1 is 1.25 bits per heavy atom. The molecule has 0 bridgehead atoms. The summed E-state index contributed by atoms with van der Waals surface area (Å²) in [6.45, 7) is 2.78. The van der Waals surface area contributed by atoms with E-state index in [1.54, 1.807) is 0 Å². The second-order valence-corrected chi connectivity index (χ2v) is 6.53. The number of benzene rings is 1. The maximum atomic E-state index is 10.1. The lowest BCUT2D eigenvalue weighted by atomic mass is 9.89. The molecule has 0 aliphatic heterocycles. The van der Waals surface area contributed by atoms with Crippen molar-refractivity contribution in [3.63, 3.8) is 0 Å². The fraction of sp³-hybridized carbons (Fsp3) is 0.412. The largest absolute Gasteiger partial charge is 0.488 e. The highest BCUT2D eigenvalue weighted by atomic mass is 32.1. The predicted molar refractivity (Wildman–Crippen MR) is 82.4 cm³/mol. The molecule has 1 heterocycles. The standard InChI is InChI=1S/C17H20O2S/c1-2-14-8-9-15(20-14)11-19-13-7-6-12-4-3-5-17(18)16(12)10-13/h6-10,17-18H,2-5,11H2,1H3. The van der Waals surface area contributed by atoms with Gasteiger partial charge < -0.3 is 9.84 Å². The zero-order valence-electron chi connectivity index (χ0n) is 11.8. The molecule has 2 aromatic rings. The third-order valence-electron chi connectivity index (χ3n) is 3.85. The van der Waals surface area contributed by atoms with E-state index in [-0.39, 0.29) is 6.10 Å². The number of hydrogen-bond acceptors (Lipinski definition) is 3. The number of thiophene rings is 1. The Morgan fingerprint density at radius 2 is 2.10 bits per heavy atom. The maximum Gasteiger partial charge on any atom is 0.122 e. The van der Waals surface area contributed by atoms with E-state index in [0.717, 1.165) is 37.0 Å². The van der Waals surface area contributed by atoms with Crippen LogP contribution in [0.25, 0.3) is 0 Å². The van der Waals surface area contributed by atoms with Gasteiger partial charge in [-0.3, -0.25) is 0 Å². The molecule has 2 nitrogen and oxygen atoms in total. The van der Waals surface area contributed by atoms with Crippen molar-refractivity contribution in [1.82, 2.24) is 0 Å². The smallest absolute Gasteiger partial charge is 0.122 e. The highest BCUT2D eigenvalue weighted by Gasteiger charge is 2.18. The molecule has 0 spiro atoms. The number of ether oxygens (including phenoxy) is 1. The van der Waals surface area contributed by atoms with Crippen LogP contribution in [-0.4, -0.2) is 5.11 Å². The van der Waals surface area contributed by atoms with E-state index in [9.17, 15) is 5.11 Å². The van der Waals surface area contributed by atoms with Crippen LogP contribution in [0.2, 0.25) is 0 Å². The molecule has 1 aromatic heterocycles. The SMILES string of the molecule is CCc1ccc(COc2ccc3c(c2)C(O)CCC3)s1. The van der Waals surface area contributed by atoms with Gasteiger partial charge in [-0.05, 0) is 61.1 Å². The fourth-order valence-electron chi connectivity index (χ4n) is 2.69. The quantitative estimate of drug-likeness (QED) is 0.911. The summed E-state index contributed by atoms with van der Waals surface area (Å²) in [5.41, 5.74) is 2.31. The number of aryl methyl sites for hydroxylation is 2. The van der Waals surface area contributed by atoms with Gasteiger partial charge in [-0.15, -0.1) is 11.3 Å². The number of aliphatic hydroxyl groups excluding tert-OH is 1. The Bertz CT molecular complexity index is 588.